The summed E-state index contributed by atoms with van der Waals surface area (Å²) in [7, 11) is 0. The zero-order chi connectivity index (χ0) is 10.4. The summed E-state index contributed by atoms with van der Waals surface area (Å²) < 4.78 is 1.76. The van der Waals surface area contributed by atoms with Crippen LogP contribution < -0.4 is 0 Å². The predicted octanol–water partition coefficient (Wildman–Crippen LogP) is 1.76. The van der Waals surface area contributed by atoms with E-state index in [0.29, 0.717) is 5.56 Å². The number of aryl methyl sites for hydroxylation is 1. The molecule has 0 bridgehead atoms. The summed E-state index contributed by atoms with van der Waals surface area (Å²) in [6.45, 7) is 2.32. The lowest BCUT2D eigenvalue weighted by molar-refractivity contribution is 0.101. The number of carbonyl (C=O) groups excluding carboxylic acids is 1. The molecule has 14 heavy (non-hydrogen) atoms. The molecule has 0 aliphatic heterocycles. The fourth-order valence-corrected chi connectivity index (χ4v) is 1.16. The summed E-state index contributed by atoms with van der Waals surface area (Å²) in [5, 5.41) is 6.60. The first kappa shape index (κ1) is 10.9. The van der Waals surface area contributed by atoms with Gasteiger partial charge in [-0.05, 0) is 18.6 Å². The molecule has 0 spiro atoms. The third-order valence-electron chi connectivity index (χ3n) is 1.81. The summed E-state index contributed by atoms with van der Waals surface area (Å²) in [5.41, 5.74) is 0.658. The molecule has 1 aromatic rings. The van der Waals surface area contributed by atoms with Crippen LogP contribution in [-0.2, 0) is 6.54 Å². The van der Waals surface area contributed by atoms with Crippen molar-refractivity contribution in [2.75, 3.05) is 0 Å². The van der Waals surface area contributed by atoms with E-state index in [1.807, 2.05) is 0 Å². The van der Waals surface area contributed by atoms with E-state index < -0.39 is 0 Å². The summed E-state index contributed by atoms with van der Waals surface area (Å²) >= 11 is 3.78. The average Bonchev–Trinajstić information content (AvgIpc) is 2.61. The number of Topliss-reactive ketones (excluding diaryl/α,β-unsaturated/α-hetero) is 1. The number of thiol groups is 1. The number of nitrogens with zero attached hydrogens (tertiary/aromatic N) is 2. The summed E-state index contributed by atoms with van der Waals surface area (Å²) in [5.74, 6) is 2.90. The molecule has 0 amide bonds. The van der Waals surface area contributed by atoms with E-state index in [1.165, 1.54) is 6.92 Å². The van der Waals surface area contributed by atoms with E-state index >= 15 is 0 Å². The van der Waals surface area contributed by atoms with Gasteiger partial charge in [0.15, 0.2) is 5.78 Å². The van der Waals surface area contributed by atoms with Crippen LogP contribution in [-0.4, -0.2) is 15.6 Å². The SMILES string of the molecule is CC(=O)c1cnn(CCCC#CS)c1. The third-order valence-corrected chi connectivity index (χ3v) is 1.97. The zero-order valence-corrected chi connectivity index (χ0v) is 8.92. The highest BCUT2D eigenvalue weighted by atomic mass is 32.1. The van der Waals surface area contributed by atoms with Crippen LogP contribution in [0.4, 0.5) is 0 Å². The lowest BCUT2D eigenvalue weighted by atomic mass is 10.3. The van der Waals surface area contributed by atoms with Gasteiger partial charge in [-0.1, -0.05) is 18.5 Å². The second-order valence-electron chi connectivity index (χ2n) is 2.94. The van der Waals surface area contributed by atoms with Gasteiger partial charge in [0.1, 0.15) is 0 Å². The maximum absolute atomic E-state index is 10.9. The number of hydrogen-bond acceptors (Lipinski definition) is 3. The van der Waals surface area contributed by atoms with Crippen molar-refractivity contribution in [3.63, 3.8) is 0 Å². The van der Waals surface area contributed by atoms with Gasteiger partial charge in [0.25, 0.3) is 0 Å². The minimum absolute atomic E-state index is 0.0476. The Morgan fingerprint density at radius 1 is 1.71 bits per heavy atom. The van der Waals surface area contributed by atoms with Gasteiger partial charge in [0, 0.05) is 19.2 Å². The molecule has 0 radical (unpaired) electrons. The summed E-state index contributed by atoms with van der Waals surface area (Å²) in [4.78, 5) is 10.9. The molecular formula is C10H12N2OS. The van der Waals surface area contributed by atoms with Gasteiger partial charge >= 0.3 is 0 Å². The molecule has 74 valence electrons. The molecule has 0 unspecified atom stereocenters. The Hall–Kier alpha value is -1.21. The van der Waals surface area contributed by atoms with E-state index in [1.54, 1.807) is 17.1 Å². The Kier molecular flexibility index (Phi) is 4.27. The van der Waals surface area contributed by atoms with Gasteiger partial charge < -0.3 is 0 Å². The maximum atomic E-state index is 10.9. The van der Waals surface area contributed by atoms with Crippen molar-refractivity contribution in [3.05, 3.63) is 18.0 Å². The van der Waals surface area contributed by atoms with Gasteiger partial charge in [-0.25, -0.2) is 0 Å². The number of unbranched alkanes of at least 4 members (excludes halogenated alkanes) is 1. The topological polar surface area (TPSA) is 34.9 Å². The predicted molar refractivity (Wildman–Crippen MR) is 58.2 cm³/mol. The van der Waals surface area contributed by atoms with Crippen LogP contribution in [0.15, 0.2) is 12.4 Å². The van der Waals surface area contributed by atoms with Crippen LogP contribution in [0, 0.1) is 11.2 Å². The maximum Gasteiger partial charge on any atom is 0.162 e. The zero-order valence-electron chi connectivity index (χ0n) is 8.03. The summed E-state index contributed by atoms with van der Waals surface area (Å²) in [6, 6.07) is 0. The molecule has 3 nitrogen and oxygen atoms in total. The van der Waals surface area contributed by atoms with Crippen LogP contribution >= 0.6 is 12.6 Å². The van der Waals surface area contributed by atoms with Gasteiger partial charge in [-0.2, -0.15) is 5.10 Å². The molecule has 1 heterocycles. The van der Waals surface area contributed by atoms with Crippen LogP contribution in [0.5, 0.6) is 0 Å². The molecule has 1 rings (SSSR count). The first-order chi connectivity index (χ1) is 6.74. The molecule has 0 aromatic carbocycles. The molecule has 0 aliphatic rings. The molecular weight excluding hydrogens is 196 g/mol. The van der Waals surface area contributed by atoms with E-state index in [9.17, 15) is 4.79 Å². The number of aromatic nitrogens is 2. The molecule has 0 atom stereocenters. The second-order valence-corrected chi connectivity index (χ2v) is 3.16. The molecule has 0 fully saturated rings. The number of rotatable bonds is 4. The highest BCUT2D eigenvalue weighted by Crippen LogP contribution is 2.00. The average molecular weight is 208 g/mol. The number of ketones is 1. The fraction of sp³-hybridized carbons (Fsp3) is 0.400. The molecule has 0 saturated carbocycles. The minimum atomic E-state index is 0.0476. The number of carbonyl (C=O) groups is 1. The van der Waals surface area contributed by atoms with Crippen molar-refractivity contribution < 1.29 is 4.79 Å². The lowest BCUT2D eigenvalue weighted by Crippen LogP contribution is -1.97. The molecule has 0 saturated heterocycles. The van der Waals surface area contributed by atoms with Crippen LogP contribution in [0.1, 0.15) is 30.1 Å². The summed E-state index contributed by atoms with van der Waals surface area (Å²) in [6.07, 6.45) is 5.08. The van der Waals surface area contributed by atoms with Crippen molar-refractivity contribution in [1.82, 2.24) is 9.78 Å². The quantitative estimate of drug-likeness (QED) is 0.354. The van der Waals surface area contributed by atoms with Gasteiger partial charge in [0.2, 0.25) is 0 Å². The van der Waals surface area contributed by atoms with Crippen molar-refractivity contribution in [2.24, 2.45) is 0 Å². The minimum Gasteiger partial charge on any atom is -0.294 e. The first-order valence-electron chi connectivity index (χ1n) is 4.39. The van der Waals surface area contributed by atoms with Crippen molar-refractivity contribution in [1.29, 1.82) is 0 Å². The molecule has 1 aromatic heterocycles. The second kappa shape index (κ2) is 5.51. The molecule has 4 heteroatoms. The normalized spacial score (nSPS) is 9.29. The largest absolute Gasteiger partial charge is 0.294 e. The Morgan fingerprint density at radius 2 is 2.50 bits per heavy atom. The third kappa shape index (κ3) is 3.27. The van der Waals surface area contributed by atoms with Gasteiger partial charge in [0.05, 0.1) is 11.8 Å². The Morgan fingerprint density at radius 3 is 3.07 bits per heavy atom. The monoisotopic (exact) mass is 208 g/mol. The van der Waals surface area contributed by atoms with Gasteiger partial charge in [-0.3, -0.25) is 9.48 Å². The first-order valence-corrected chi connectivity index (χ1v) is 4.84. The Labute approximate surface area is 88.9 Å². The lowest BCUT2D eigenvalue weighted by Gasteiger charge is -1.96. The van der Waals surface area contributed by atoms with Crippen LogP contribution in [0.3, 0.4) is 0 Å². The van der Waals surface area contributed by atoms with E-state index in [-0.39, 0.29) is 5.78 Å². The molecule has 0 aliphatic carbocycles. The smallest absolute Gasteiger partial charge is 0.162 e. The van der Waals surface area contributed by atoms with Gasteiger partial charge in [-0.15, -0.1) is 0 Å². The highest BCUT2D eigenvalue weighted by molar-refractivity contribution is 7.85. The van der Waals surface area contributed by atoms with E-state index in [0.717, 1.165) is 19.4 Å². The van der Waals surface area contributed by atoms with Crippen molar-refractivity contribution >= 4 is 18.4 Å². The van der Waals surface area contributed by atoms with E-state index in [2.05, 4.69) is 28.9 Å². The molecule has 0 N–H and O–H groups in total. The van der Waals surface area contributed by atoms with Crippen LogP contribution in [0.2, 0.25) is 0 Å². The van der Waals surface area contributed by atoms with Crippen LogP contribution in [0.25, 0.3) is 0 Å². The fourth-order valence-electron chi connectivity index (χ4n) is 1.05. The Bertz CT molecular complexity index is 373. The number of hydrogen-bond donors (Lipinski definition) is 1. The van der Waals surface area contributed by atoms with E-state index in [4.69, 9.17) is 0 Å². The Balaban J connectivity index is 2.42. The standard InChI is InChI=1S/C10H12N2OS/c1-9(13)10-7-11-12(8-10)5-3-2-4-6-14/h7-8,14H,2-3,5H2,1H3. The highest BCUT2D eigenvalue weighted by Gasteiger charge is 2.01. The van der Waals surface area contributed by atoms with Crippen molar-refractivity contribution in [3.8, 4) is 11.2 Å². The van der Waals surface area contributed by atoms with Crippen molar-refractivity contribution in [2.45, 2.75) is 26.3 Å².